The van der Waals surface area contributed by atoms with Crippen molar-refractivity contribution >= 4 is 32.7 Å². The fourth-order valence-corrected chi connectivity index (χ4v) is 7.60. The van der Waals surface area contributed by atoms with Crippen LogP contribution in [0.2, 0.25) is 0 Å². The monoisotopic (exact) mass is 578 g/mol. The van der Waals surface area contributed by atoms with E-state index in [4.69, 9.17) is 14.8 Å². The first-order chi connectivity index (χ1) is 19.8. The first kappa shape index (κ1) is 26.9. The number of nitrogens with one attached hydrogen (secondary N) is 1. The van der Waals surface area contributed by atoms with E-state index in [0.29, 0.717) is 30.4 Å². The fourth-order valence-electron chi connectivity index (χ4n) is 6.36. The molecule has 7 rings (SSSR count). The summed E-state index contributed by atoms with van der Waals surface area (Å²) in [7, 11) is -3.80. The van der Waals surface area contributed by atoms with Gasteiger partial charge in [0.25, 0.3) is 5.91 Å². The van der Waals surface area contributed by atoms with Crippen LogP contribution in [0.15, 0.2) is 36.4 Å². The minimum atomic E-state index is -3.80. The number of amides is 1. The molecule has 0 unspecified atom stereocenters. The molecule has 218 valence electrons. The van der Waals surface area contributed by atoms with Crippen molar-refractivity contribution in [3.05, 3.63) is 47.8 Å². The van der Waals surface area contributed by atoms with Crippen LogP contribution in [0.3, 0.4) is 0 Å². The van der Waals surface area contributed by atoms with Crippen LogP contribution in [-0.2, 0) is 14.8 Å². The molecule has 10 nitrogen and oxygen atoms in total. The van der Waals surface area contributed by atoms with Crippen LogP contribution >= 0.6 is 0 Å². The van der Waals surface area contributed by atoms with Crippen molar-refractivity contribution in [2.24, 2.45) is 0 Å². The minimum Gasteiger partial charge on any atom is -0.379 e. The molecule has 0 bridgehead atoms. The van der Waals surface area contributed by atoms with E-state index < -0.39 is 20.7 Å². The van der Waals surface area contributed by atoms with Crippen molar-refractivity contribution in [2.75, 3.05) is 44.3 Å². The summed E-state index contributed by atoms with van der Waals surface area (Å²) >= 11 is 0. The van der Waals surface area contributed by atoms with Gasteiger partial charge in [-0.05, 0) is 63.6 Å². The number of rotatable bonds is 7. The summed E-state index contributed by atoms with van der Waals surface area (Å²) in [4.78, 5) is 23.2. The van der Waals surface area contributed by atoms with E-state index in [2.05, 4.69) is 14.5 Å². The predicted molar refractivity (Wildman–Crippen MR) is 157 cm³/mol. The molecule has 2 saturated carbocycles. The number of ether oxygens (including phenoxy) is 1. The van der Waals surface area contributed by atoms with E-state index in [9.17, 15) is 13.2 Å². The number of carbonyl (C=O) groups excluding carboxylic acids is 1. The van der Waals surface area contributed by atoms with E-state index in [1.54, 1.807) is 13.0 Å². The molecular formula is C30H38N6O4S. The van der Waals surface area contributed by atoms with Crippen molar-refractivity contribution in [1.29, 1.82) is 0 Å². The number of para-hydroxylation sites is 1. The Morgan fingerprint density at radius 1 is 1.02 bits per heavy atom. The van der Waals surface area contributed by atoms with Crippen LogP contribution in [0.5, 0.6) is 0 Å². The number of hydrogen-bond acceptors (Lipinski definition) is 8. The number of benzene rings is 1. The molecule has 3 aromatic rings. The number of morpholine rings is 1. The highest BCUT2D eigenvalue weighted by Crippen LogP contribution is 2.44. The van der Waals surface area contributed by atoms with Crippen LogP contribution in [0.25, 0.3) is 16.7 Å². The van der Waals surface area contributed by atoms with E-state index in [0.717, 1.165) is 87.5 Å². The second kappa shape index (κ2) is 10.4. The lowest BCUT2D eigenvalue weighted by Gasteiger charge is -2.41. The third-order valence-electron chi connectivity index (χ3n) is 9.57. The van der Waals surface area contributed by atoms with Crippen LogP contribution in [-0.4, -0.2) is 84.2 Å². The molecule has 0 atom stereocenters. The van der Waals surface area contributed by atoms with Crippen LogP contribution in [0.4, 0.5) is 5.69 Å². The molecule has 1 amide bonds. The summed E-state index contributed by atoms with van der Waals surface area (Å²) in [5, 5.41) is 6.09. The van der Waals surface area contributed by atoms with Gasteiger partial charge in [-0.2, -0.15) is 5.10 Å². The van der Waals surface area contributed by atoms with Gasteiger partial charge in [-0.1, -0.05) is 24.6 Å². The maximum absolute atomic E-state index is 13.5. The Hall–Kier alpha value is -3.02. The Balaban J connectivity index is 1.31. The molecule has 1 N–H and O–H groups in total. The molecule has 11 heteroatoms. The van der Waals surface area contributed by atoms with Gasteiger partial charge >= 0.3 is 0 Å². The topological polar surface area (TPSA) is 110 Å². The number of piperidine rings is 1. The normalized spacial score (nSPS) is 22.0. The Bertz CT molecular complexity index is 1550. The molecule has 4 heterocycles. The number of fused-ring (bicyclic) bond motifs is 1. The van der Waals surface area contributed by atoms with Crippen LogP contribution < -0.4 is 9.62 Å². The smallest absolute Gasteiger partial charge is 0.283 e. The lowest BCUT2D eigenvalue weighted by molar-refractivity contribution is 0.0115. The SMILES string of the molecule is CC1(S(=O)(=O)NC(=O)c2cc(N3CCC(N4CCOCC4)CC3)c3c(C4CCC4)nn(-c4ccccc4)c3n2)CC1. The van der Waals surface area contributed by atoms with Gasteiger partial charge in [0.15, 0.2) is 5.65 Å². The number of carbonyl (C=O) groups is 1. The first-order valence-corrected chi connectivity index (χ1v) is 16.4. The van der Waals surface area contributed by atoms with Gasteiger partial charge in [-0.15, -0.1) is 0 Å². The number of hydrogen-bond donors (Lipinski definition) is 1. The Kier molecular flexibility index (Phi) is 6.78. The second-order valence-electron chi connectivity index (χ2n) is 12.2. The van der Waals surface area contributed by atoms with Gasteiger partial charge in [0, 0.05) is 38.1 Å². The number of sulfonamides is 1. The minimum absolute atomic E-state index is 0.105. The molecule has 2 aliphatic heterocycles. The highest BCUT2D eigenvalue weighted by Gasteiger charge is 2.51. The summed E-state index contributed by atoms with van der Waals surface area (Å²) in [5.74, 6) is -0.334. The molecule has 2 saturated heterocycles. The summed E-state index contributed by atoms with van der Waals surface area (Å²) in [5.41, 5.74) is 3.53. The highest BCUT2D eigenvalue weighted by molar-refractivity contribution is 7.91. The zero-order chi connectivity index (χ0) is 28.2. The largest absolute Gasteiger partial charge is 0.379 e. The Morgan fingerprint density at radius 2 is 1.73 bits per heavy atom. The quantitative estimate of drug-likeness (QED) is 0.453. The summed E-state index contributed by atoms with van der Waals surface area (Å²) in [6, 6.07) is 12.2. The van der Waals surface area contributed by atoms with Crippen molar-refractivity contribution in [1.82, 2.24) is 24.4 Å². The highest BCUT2D eigenvalue weighted by atomic mass is 32.2. The zero-order valence-corrected chi connectivity index (χ0v) is 24.4. The number of aromatic nitrogens is 3. The number of anilines is 1. The maximum Gasteiger partial charge on any atom is 0.283 e. The molecule has 4 aliphatic rings. The summed E-state index contributed by atoms with van der Waals surface area (Å²) < 4.78 is 34.8. The van der Waals surface area contributed by atoms with Gasteiger partial charge in [0.1, 0.15) is 5.69 Å². The van der Waals surface area contributed by atoms with Gasteiger partial charge in [0.2, 0.25) is 10.0 Å². The Labute approximate surface area is 241 Å². The molecule has 41 heavy (non-hydrogen) atoms. The molecule has 0 spiro atoms. The van der Waals surface area contributed by atoms with Gasteiger partial charge in [-0.25, -0.2) is 22.8 Å². The van der Waals surface area contributed by atoms with Gasteiger partial charge in [0.05, 0.1) is 40.4 Å². The van der Waals surface area contributed by atoms with E-state index in [-0.39, 0.29) is 5.69 Å². The standard InChI is InChI=1S/C30H38N6O4S/c1-30(12-13-30)41(38,39)33-29(37)24-20-25(35-14-10-22(11-15-35)34-16-18-40-19-17-34)26-27(21-6-5-7-21)32-36(28(26)31-24)23-8-3-2-4-9-23/h2-4,8-9,20-22H,5-7,10-19H2,1H3,(H,33,37). The van der Waals surface area contributed by atoms with Crippen LogP contribution in [0, 0.1) is 0 Å². The summed E-state index contributed by atoms with van der Waals surface area (Å²) in [6.45, 7) is 6.89. The average molecular weight is 579 g/mol. The molecule has 1 aromatic carbocycles. The molecule has 2 aromatic heterocycles. The lowest BCUT2D eigenvalue weighted by atomic mass is 9.82. The van der Waals surface area contributed by atoms with E-state index in [1.807, 2.05) is 35.0 Å². The van der Waals surface area contributed by atoms with Gasteiger partial charge in [-0.3, -0.25) is 9.69 Å². The third kappa shape index (κ3) is 4.91. The van der Waals surface area contributed by atoms with Crippen molar-refractivity contribution < 1.29 is 17.9 Å². The van der Waals surface area contributed by atoms with E-state index >= 15 is 0 Å². The zero-order valence-electron chi connectivity index (χ0n) is 23.6. The van der Waals surface area contributed by atoms with Crippen molar-refractivity contribution in [3.8, 4) is 5.69 Å². The molecule has 0 radical (unpaired) electrons. The van der Waals surface area contributed by atoms with Crippen LogP contribution in [0.1, 0.15) is 74.0 Å². The van der Waals surface area contributed by atoms with E-state index in [1.165, 1.54) is 6.42 Å². The predicted octanol–water partition coefficient (Wildman–Crippen LogP) is 3.60. The third-order valence-corrected chi connectivity index (χ3v) is 11.7. The molecule has 2 aliphatic carbocycles. The lowest BCUT2D eigenvalue weighted by Crippen LogP contribution is -2.49. The first-order valence-electron chi connectivity index (χ1n) is 15.0. The average Bonchev–Trinajstić information content (AvgIpc) is 3.63. The van der Waals surface area contributed by atoms with Crippen molar-refractivity contribution in [3.63, 3.8) is 0 Å². The summed E-state index contributed by atoms with van der Waals surface area (Å²) in [6.07, 6.45) is 6.48. The number of pyridine rings is 1. The maximum atomic E-state index is 13.5. The molecule has 4 fully saturated rings. The Morgan fingerprint density at radius 3 is 2.37 bits per heavy atom. The van der Waals surface area contributed by atoms with Gasteiger partial charge < -0.3 is 9.64 Å². The second-order valence-corrected chi connectivity index (χ2v) is 14.4. The fraction of sp³-hybridized carbons (Fsp3) is 0.567. The number of nitrogens with zero attached hydrogens (tertiary/aromatic N) is 5. The van der Waals surface area contributed by atoms with Crippen molar-refractivity contribution in [2.45, 2.75) is 68.6 Å². The molecular weight excluding hydrogens is 540 g/mol.